The number of carbonyl (C=O) groups is 1. The molecular formula is C17H22N4O4S. The van der Waals surface area contributed by atoms with Crippen LogP contribution in [0.3, 0.4) is 0 Å². The molecule has 3 rings (SSSR count). The van der Waals surface area contributed by atoms with Crippen molar-refractivity contribution < 1.29 is 18.3 Å². The fourth-order valence-electron chi connectivity index (χ4n) is 3.10. The molecule has 1 aliphatic rings. The molecule has 0 bridgehead atoms. The lowest BCUT2D eigenvalue weighted by Crippen LogP contribution is -2.41. The molecule has 0 spiro atoms. The third kappa shape index (κ3) is 3.79. The highest BCUT2D eigenvalue weighted by Gasteiger charge is 2.37. The lowest BCUT2D eigenvalue weighted by molar-refractivity contribution is 0.0280. The van der Waals surface area contributed by atoms with Gasteiger partial charge in [0.05, 0.1) is 23.2 Å². The van der Waals surface area contributed by atoms with E-state index < -0.39 is 22.2 Å². The zero-order valence-electron chi connectivity index (χ0n) is 14.6. The van der Waals surface area contributed by atoms with Gasteiger partial charge in [-0.1, -0.05) is 0 Å². The van der Waals surface area contributed by atoms with E-state index in [1.54, 1.807) is 24.1 Å². The number of carbonyl (C=O) groups excluding carboxylic acids is 1. The number of aryl methyl sites for hydroxylation is 1. The summed E-state index contributed by atoms with van der Waals surface area (Å²) in [5.41, 5.74) is 1.15. The van der Waals surface area contributed by atoms with Crippen LogP contribution in [-0.2, 0) is 17.1 Å². The number of aliphatic hydroxyl groups excluding tert-OH is 1. The number of nitrogens with zero attached hydrogens (tertiary/aromatic N) is 2. The minimum atomic E-state index is -3.79. The van der Waals surface area contributed by atoms with Gasteiger partial charge < -0.3 is 10.4 Å². The van der Waals surface area contributed by atoms with Gasteiger partial charge in [0.2, 0.25) is 10.0 Å². The third-order valence-corrected chi connectivity index (χ3v) is 6.10. The summed E-state index contributed by atoms with van der Waals surface area (Å²) in [6, 6.07) is 5.29. The Kier molecular flexibility index (Phi) is 5.12. The summed E-state index contributed by atoms with van der Waals surface area (Å²) in [5.74, 6) is -0.271. The van der Waals surface area contributed by atoms with Gasteiger partial charge in [0, 0.05) is 31.4 Å². The van der Waals surface area contributed by atoms with Crippen molar-refractivity contribution in [3.05, 3.63) is 47.8 Å². The average Bonchev–Trinajstić information content (AvgIpc) is 3.03. The van der Waals surface area contributed by atoms with Crippen LogP contribution in [0.2, 0.25) is 0 Å². The molecule has 0 saturated heterocycles. The Hall–Kier alpha value is -2.23. The highest BCUT2D eigenvalue weighted by molar-refractivity contribution is 7.89. The molecule has 2 aromatic rings. The Morgan fingerprint density at radius 2 is 1.96 bits per heavy atom. The van der Waals surface area contributed by atoms with Crippen molar-refractivity contribution in [1.29, 1.82) is 0 Å². The van der Waals surface area contributed by atoms with E-state index in [0.29, 0.717) is 18.4 Å². The molecule has 8 nitrogen and oxygen atoms in total. The van der Waals surface area contributed by atoms with E-state index in [1.165, 1.54) is 31.3 Å². The maximum absolute atomic E-state index is 12.8. The van der Waals surface area contributed by atoms with Crippen molar-refractivity contribution in [2.75, 3.05) is 7.05 Å². The maximum atomic E-state index is 12.8. The smallest absolute Gasteiger partial charge is 0.251 e. The molecule has 3 N–H and O–H groups in total. The molecule has 1 atom stereocenters. The molecule has 140 valence electrons. The number of aliphatic hydroxyl groups is 1. The minimum Gasteiger partial charge on any atom is -0.393 e. The largest absolute Gasteiger partial charge is 0.393 e. The van der Waals surface area contributed by atoms with Crippen molar-refractivity contribution >= 4 is 15.9 Å². The Morgan fingerprint density at radius 3 is 2.46 bits per heavy atom. The number of benzene rings is 1. The van der Waals surface area contributed by atoms with E-state index in [1.807, 2.05) is 0 Å². The molecule has 1 heterocycles. The summed E-state index contributed by atoms with van der Waals surface area (Å²) < 4.78 is 29.9. The summed E-state index contributed by atoms with van der Waals surface area (Å²) in [6.07, 6.45) is 4.09. The van der Waals surface area contributed by atoms with E-state index in [9.17, 15) is 18.3 Å². The fourth-order valence-corrected chi connectivity index (χ4v) is 4.40. The average molecular weight is 378 g/mol. The van der Waals surface area contributed by atoms with Crippen LogP contribution in [0.25, 0.3) is 0 Å². The van der Waals surface area contributed by atoms with Crippen LogP contribution in [0.1, 0.15) is 34.8 Å². The lowest BCUT2D eigenvalue weighted by atomic mass is 9.76. The Morgan fingerprint density at radius 1 is 1.31 bits per heavy atom. The van der Waals surface area contributed by atoms with Crippen molar-refractivity contribution in [3.63, 3.8) is 0 Å². The van der Waals surface area contributed by atoms with Crippen LogP contribution in [0, 0.1) is 5.92 Å². The molecule has 0 aliphatic heterocycles. The second-order valence-electron chi connectivity index (χ2n) is 6.54. The highest BCUT2D eigenvalue weighted by atomic mass is 32.2. The van der Waals surface area contributed by atoms with Crippen LogP contribution in [0.4, 0.5) is 0 Å². The van der Waals surface area contributed by atoms with E-state index >= 15 is 0 Å². The SMILES string of the molecule is CNC(=O)c1ccc(S(=O)(=O)N[C@H](c2cnn(C)c2)C2CC(O)C2)cc1. The van der Waals surface area contributed by atoms with Crippen molar-refractivity contribution in [2.24, 2.45) is 13.0 Å². The zero-order chi connectivity index (χ0) is 18.9. The second-order valence-corrected chi connectivity index (χ2v) is 8.25. The zero-order valence-corrected chi connectivity index (χ0v) is 15.4. The van der Waals surface area contributed by atoms with Crippen LogP contribution in [-0.4, -0.2) is 42.4 Å². The number of rotatable bonds is 6. The maximum Gasteiger partial charge on any atom is 0.251 e. The van der Waals surface area contributed by atoms with E-state index in [-0.39, 0.29) is 16.7 Å². The van der Waals surface area contributed by atoms with Gasteiger partial charge in [0.25, 0.3) is 5.91 Å². The molecule has 9 heteroatoms. The standard InChI is InChI=1S/C17H22N4O4S/c1-18-17(23)11-3-5-15(6-4-11)26(24,25)20-16(12-7-14(22)8-12)13-9-19-21(2)10-13/h3-6,9-10,12,14,16,20,22H,7-8H2,1-2H3,(H,18,23)/t12?,14?,16-/m0/s1. The third-order valence-electron chi connectivity index (χ3n) is 4.64. The van der Waals surface area contributed by atoms with Gasteiger partial charge in [0.1, 0.15) is 0 Å². The van der Waals surface area contributed by atoms with Crippen LogP contribution in [0.15, 0.2) is 41.6 Å². The second kappa shape index (κ2) is 7.18. The molecule has 0 radical (unpaired) electrons. The molecule has 26 heavy (non-hydrogen) atoms. The number of hydrogen-bond acceptors (Lipinski definition) is 5. The minimum absolute atomic E-state index is 0.00844. The van der Waals surface area contributed by atoms with E-state index in [4.69, 9.17) is 0 Å². The molecule has 1 aromatic carbocycles. The van der Waals surface area contributed by atoms with Crippen molar-refractivity contribution in [3.8, 4) is 0 Å². The number of hydrogen-bond donors (Lipinski definition) is 3. The topological polar surface area (TPSA) is 113 Å². The summed E-state index contributed by atoms with van der Waals surface area (Å²) in [6.45, 7) is 0. The van der Waals surface area contributed by atoms with Gasteiger partial charge in [-0.05, 0) is 43.0 Å². The van der Waals surface area contributed by atoms with Crippen LogP contribution < -0.4 is 10.0 Å². The number of amides is 1. The number of nitrogens with one attached hydrogen (secondary N) is 2. The molecule has 1 amide bonds. The fraction of sp³-hybridized carbons (Fsp3) is 0.412. The summed E-state index contributed by atoms with van der Waals surface area (Å²) in [4.78, 5) is 11.7. The summed E-state index contributed by atoms with van der Waals surface area (Å²) >= 11 is 0. The predicted octanol–water partition coefficient (Wildman–Crippen LogP) is 0.570. The van der Waals surface area contributed by atoms with Crippen LogP contribution >= 0.6 is 0 Å². The van der Waals surface area contributed by atoms with Gasteiger partial charge >= 0.3 is 0 Å². The molecule has 1 aliphatic carbocycles. The number of aromatic nitrogens is 2. The van der Waals surface area contributed by atoms with Gasteiger partial charge in [-0.3, -0.25) is 9.48 Å². The highest BCUT2D eigenvalue weighted by Crippen LogP contribution is 2.38. The molecule has 0 unspecified atom stereocenters. The number of sulfonamides is 1. The van der Waals surface area contributed by atoms with Gasteiger partial charge in [-0.25, -0.2) is 13.1 Å². The molecule has 1 fully saturated rings. The van der Waals surface area contributed by atoms with Gasteiger partial charge in [0.15, 0.2) is 0 Å². The summed E-state index contributed by atoms with van der Waals surface area (Å²) in [7, 11) is -0.507. The first-order valence-corrected chi connectivity index (χ1v) is 9.79. The van der Waals surface area contributed by atoms with Gasteiger partial charge in [-0.15, -0.1) is 0 Å². The Balaban J connectivity index is 1.84. The summed E-state index contributed by atoms with van der Waals surface area (Å²) in [5, 5.41) is 16.2. The first kappa shape index (κ1) is 18.6. The predicted molar refractivity (Wildman–Crippen MR) is 94.8 cm³/mol. The molecular weight excluding hydrogens is 356 g/mol. The lowest BCUT2D eigenvalue weighted by Gasteiger charge is -2.37. The van der Waals surface area contributed by atoms with Crippen molar-refractivity contribution in [2.45, 2.75) is 29.9 Å². The van der Waals surface area contributed by atoms with E-state index in [0.717, 1.165) is 5.56 Å². The van der Waals surface area contributed by atoms with Gasteiger partial charge in [-0.2, -0.15) is 5.10 Å². The Bertz CT molecular complexity index is 886. The molecule has 1 aromatic heterocycles. The quantitative estimate of drug-likeness (QED) is 0.680. The monoisotopic (exact) mass is 378 g/mol. The molecule has 1 saturated carbocycles. The van der Waals surface area contributed by atoms with E-state index in [2.05, 4.69) is 15.1 Å². The Labute approximate surface area is 152 Å². The normalized spacial score (nSPS) is 21.0. The van der Waals surface area contributed by atoms with Crippen LogP contribution in [0.5, 0.6) is 0 Å². The van der Waals surface area contributed by atoms with Crippen molar-refractivity contribution in [1.82, 2.24) is 19.8 Å². The first-order chi connectivity index (χ1) is 12.3. The first-order valence-electron chi connectivity index (χ1n) is 8.31.